The molecule has 136 valence electrons. The van der Waals surface area contributed by atoms with Crippen molar-refractivity contribution in [2.45, 2.75) is 50.5 Å². The first-order valence-electron chi connectivity index (χ1n) is 9.31. The quantitative estimate of drug-likeness (QED) is 0.813. The lowest BCUT2D eigenvalue weighted by Crippen LogP contribution is -2.47. The number of amides is 1. The number of pyridine rings is 1. The highest BCUT2D eigenvalue weighted by Gasteiger charge is 2.43. The Morgan fingerprint density at radius 2 is 2.28 bits per heavy atom. The van der Waals surface area contributed by atoms with Crippen molar-refractivity contribution >= 4 is 5.91 Å². The minimum atomic E-state index is 0.0549. The zero-order valence-corrected chi connectivity index (χ0v) is 14.5. The molecular formula is C19H26N2O4. The van der Waals surface area contributed by atoms with Gasteiger partial charge in [-0.15, -0.1) is 0 Å². The van der Waals surface area contributed by atoms with Gasteiger partial charge in [0.25, 0.3) is 0 Å². The molecule has 25 heavy (non-hydrogen) atoms. The second-order valence-electron chi connectivity index (χ2n) is 7.20. The number of fused-ring (bicyclic) bond motifs is 1. The molecule has 3 aliphatic rings. The number of carbonyl (C=O) groups excluding carboxylic acids is 1. The summed E-state index contributed by atoms with van der Waals surface area (Å²) in [5.74, 6) is 0.319. The van der Waals surface area contributed by atoms with Crippen LogP contribution < -0.4 is 0 Å². The van der Waals surface area contributed by atoms with E-state index >= 15 is 0 Å². The van der Waals surface area contributed by atoms with Crippen LogP contribution in [0.2, 0.25) is 0 Å². The molecule has 0 bridgehead atoms. The molecule has 0 aliphatic carbocycles. The summed E-state index contributed by atoms with van der Waals surface area (Å²) in [6.45, 7) is 3.27. The molecule has 0 radical (unpaired) electrons. The van der Waals surface area contributed by atoms with Crippen LogP contribution in [0.3, 0.4) is 0 Å². The number of hydrogen-bond acceptors (Lipinski definition) is 5. The van der Waals surface area contributed by atoms with E-state index in [0.29, 0.717) is 26.4 Å². The smallest absolute Gasteiger partial charge is 0.228 e. The lowest BCUT2D eigenvalue weighted by atomic mass is 9.98. The van der Waals surface area contributed by atoms with Crippen molar-refractivity contribution in [1.29, 1.82) is 0 Å². The van der Waals surface area contributed by atoms with E-state index in [9.17, 15) is 4.79 Å². The van der Waals surface area contributed by atoms with E-state index < -0.39 is 0 Å². The Balaban J connectivity index is 1.25. The second kappa shape index (κ2) is 7.81. The summed E-state index contributed by atoms with van der Waals surface area (Å²) in [5, 5.41) is 0. The van der Waals surface area contributed by atoms with Gasteiger partial charge in [0.2, 0.25) is 5.91 Å². The Kier molecular flexibility index (Phi) is 5.29. The average Bonchev–Trinajstić information content (AvgIpc) is 3.32. The highest BCUT2D eigenvalue weighted by atomic mass is 16.5. The lowest BCUT2D eigenvalue weighted by molar-refractivity contribution is -0.143. The zero-order valence-electron chi connectivity index (χ0n) is 14.5. The van der Waals surface area contributed by atoms with Crippen molar-refractivity contribution in [2.75, 3.05) is 26.4 Å². The third-order valence-corrected chi connectivity index (χ3v) is 5.49. The molecule has 4 heterocycles. The Hall–Kier alpha value is -1.50. The molecule has 6 nitrogen and oxygen atoms in total. The monoisotopic (exact) mass is 346 g/mol. The molecule has 1 aromatic rings. The molecule has 0 N–H and O–H groups in total. The Morgan fingerprint density at radius 1 is 1.32 bits per heavy atom. The fourth-order valence-corrected chi connectivity index (χ4v) is 4.15. The number of hydrogen-bond donors (Lipinski definition) is 0. The highest BCUT2D eigenvalue weighted by Crippen LogP contribution is 2.33. The first-order chi connectivity index (χ1) is 12.3. The van der Waals surface area contributed by atoms with E-state index in [2.05, 4.69) is 9.88 Å². The number of carbonyl (C=O) groups is 1. The van der Waals surface area contributed by atoms with Crippen molar-refractivity contribution < 1.29 is 19.0 Å². The van der Waals surface area contributed by atoms with E-state index in [-0.39, 0.29) is 30.1 Å². The highest BCUT2D eigenvalue weighted by molar-refractivity contribution is 5.80. The van der Waals surface area contributed by atoms with E-state index in [0.717, 1.165) is 37.8 Å². The van der Waals surface area contributed by atoms with Crippen LogP contribution in [-0.4, -0.2) is 60.4 Å². The summed E-state index contributed by atoms with van der Waals surface area (Å²) in [6, 6.07) is 4.17. The summed E-state index contributed by atoms with van der Waals surface area (Å²) < 4.78 is 17.4. The average molecular weight is 346 g/mol. The van der Waals surface area contributed by atoms with Crippen LogP contribution in [0.4, 0.5) is 0 Å². The molecule has 3 aliphatic heterocycles. The third kappa shape index (κ3) is 3.86. The molecule has 1 unspecified atom stereocenters. The number of nitrogens with zero attached hydrogens (tertiary/aromatic N) is 2. The normalized spacial score (nSPS) is 31.9. The number of rotatable bonds is 5. The minimum absolute atomic E-state index is 0.0549. The van der Waals surface area contributed by atoms with Crippen molar-refractivity contribution in [2.24, 2.45) is 5.92 Å². The molecule has 4 atom stereocenters. The fourth-order valence-electron chi connectivity index (χ4n) is 4.15. The van der Waals surface area contributed by atoms with Gasteiger partial charge in [-0.2, -0.15) is 0 Å². The van der Waals surface area contributed by atoms with E-state index in [1.807, 2.05) is 18.3 Å². The van der Waals surface area contributed by atoms with Crippen LogP contribution in [0.1, 0.15) is 31.2 Å². The van der Waals surface area contributed by atoms with Crippen molar-refractivity contribution in [3.8, 4) is 0 Å². The number of aromatic nitrogens is 1. The van der Waals surface area contributed by atoms with Gasteiger partial charge >= 0.3 is 0 Å². The number of ether oxygens (including phenoxy) is 3. The van der Waals surface area contributed by atoms with Crippen molar-refractivity contribution in [3.05, 3.63) is 30.1 Å². The Bertz CT molecular complexity index is 576. The maximum Gasteiger partial charge on any atom is 0.228 e. The fraction of sp³-hybridized carbons (Fsp3) is 0.684. The van der Waals surface area contributed by atoms with Gasteiger partial charge in [0.15, 0.2) is 0 Å². The number of likely N-dealkylation sites (tertiary alicyclic amines) is 1. The van der Waals surface area contributed by atoms with Crippen LogP contribution in [0.15, 0.2) is 24.5 Å². The summed E-state index contributed by atoms with van der Waals surface area (Å²) in [5.41, 5.74) is 1.08. The SMILES string of the molecule is O=C(C1CCOC1)N1CC[C@@H]2O[C@@H](COCc3cccnc3)CC[C@@H]21. The van der Waals surface area contributed by atoms with Crippen LogP contribution >= 0.6 is 0 Å². The molecule has 4 rings (SSSR count). The van der Waals surface area contributed by atoms with Gasteiger partial charge in [-0.25, -0.2) is 0 Å². The van der Waals surface area contributed by atoms with Gasteiger partial charge in [0, 0.05) is 25.5 Å². The molecule has 3 fully saturated rings. The van der Waals surface area contributed by atoms with Gasteiger partial charge in [0.1, 0.15) is 0 Å². The maximum absolute atomic E-state index is 12.7. The third-order valence-electron chi connectivity index (χ3n) is 5.49. The van der Waals surface area contributed by atoms with E-state index in [1.165, 1.54) is 0 Å². The van der Waals surface area contributed by atoms with Gasteiger partial charge in [-0.1, -0.05) is 6.07 Å². The van der Waals surface area contributed by atoms with Crippen molar-refractivity contribution in [1.82, 2.24) is 9.88 Å². The summed E-state index contributed by atoms with van der Waals surface area (Å²) in [6.07, 6.45) is 7.62. The van der Waals surface area contributed by atoms with E-state index in [1.54, 1.807) is 6.20 Å². The minimum Gasteiger partial charge on any atom is -0.381 e. The van der Waals surface area contributed by atoms with Crippen LogP contribution in [0.5, 0.6) is 0 Å². The van der Waals surface area contributed by atoms with E-state index in [4.69, 9.17) is 14.2 Å². The molecule has 6 heteroatoms. The standard InChI is InChI=1S/C19H26N2O4/c22-19(15-6-9-23-12-15)21-8-5-18-17(21)4-3-16(25-18)13-24-11-14-2-1-7-20-10-14/h1-2,7,10,15-18H,3-6,8-9,11-13H2/t15?,16-,17+,18+/m1/s1. The van der Waals surface area contributed by atoms with Crippen LogP contribution in [-0.2, 0) is 25.6 Å². The largest absolute Gasteiger partial charge is 0.381 e. The summed E-state index contributed by atoms with van der Waals surface area (Å²) in [7, 11) is 0. The second-order valence-corrected chi connectivity index (χ2v) is 7.20. The first-order valence-corrected chi connectivity index (χ1v) is 9.31. The zero-order chi connectivity index (χ0) is 17.1. The predicted molar refractivity (Wildman–Crippen MR) is 90.8 cm³/mol. The van der Waals surface area contributed by atoms with Gasteiger partial charge in [-0.05, 0) is 37.3 Å². The molecule has 3 saturated heterocycles. The summed E-state index contributed by atoms with van der Waals surface area (Å²) in [4.78, 5) is 18.8. The van der Waals surface area contributed by atoms with Gasteiger partial charge < -0.3 is 19.1 Å². The van der Waals surface area contributed by atoms with Crippen LogP contribution in [0.25, 0.3) is 0 Å². The topological polar surface area (TPSA) is 60.9 Å². The Labute approximate surface area is 148 Å². The molecule has 0 spiro atoms. The maximum atomic E-state index is 12.7. The molecule has 1 aromatic heterocycles. The molecule has 1 amide bonds. The molecule has 0 aromatic carbocycles. The van der Waals surface area contributed by atoms with Crippen LogP contribution in [0, 0.1) is 5.92 Å². The molecule has 0 saturated carbocycles. The summed E-state index contributed by atoms with van der Waals surface area (Å²) >= 11 is 0. The van der Waals surface area contributed by atoms with Gasteiger partial charge in [-0.3, -0.25) is 9.78 Å². The van der Waals surface area contributed by atoms with Gasteiger partial charge in [0.05, 0.1) is 44.0 Å². The first kappa shape index (κ1) is 16.9. The Morgan fingerprint density at radius 3 is 3.08 bits per heavy atom. The molecular weight excluding hydrogens is 320 g/mol. The lowest BCUT2D eigenvalue weighted by Gasteiger charge is -2.36. The van der Waals surface area contributed by atoms with Crippen molar-refractivity contribution in [3.63, 3.8) is 0 Å². The predicted octanol–water partition coefficient (Wildman–Crippen LogP) is 1.78.